The first-order valence-electron chi connectivity index (χ1n) is 5.65. The van der Waals surface area contributed by atoms with Crippen molar-refractivity contribution in [1.29, 1.82) is 0 Å². The zero-order valence-electron chi connectivity index (χ0n) is 10.6. The summed E-state index contributed by atoms with van der Waals surface area (Å²) in [5.41, 5.74) is 5.12. The van der Waals surface area contributed by atoms with Crippen molar-refractivity contribution in [1.82, 2.24) is 4.90 Å². The van der Waals surface area contributed by atoms with Crippen LogP contribution in [-0.4, -0.2) is 44.2 Å². The lowest BCUT2D eigenvalue weighted by Gasteiger charge is -2.13. The molecule has 0 rings (SSSR count). The van der Waals surface area contributed by atoms with Crippen LogP contribution in [0.25, 0.3) is 0 Å². The summed E-state index contributed by atoms with van der Waals surface area (Å²) in [6.07, 6.45) is 1.15. The Morgan fingerprint density at radius 3 is 1.87 bits per heavy atom. The van der Waals surface area contributed by atoms with Gasteiger partial charge in [-0.2, -0.15) is 0 Å². The van der Waals surface area contributed by atoms with Crippen molar-refractivity contribution in [2.24, 2.45) is 5.73 Å². The van der Waals surface area contributed by atoms with Gasteiger partial charge in [0.15, 0.2) is 0 Å². The Kier molecular flexibility index (Phi) is 15.0. The van der Waals surface area contributed by atoms with Crippen LogP contribution in [0.3, 0.4) is 0 Å². The Bertz CT molecular complexity index is 131. The van der Waals surface area contributed by atoms with Gasteiger partial charge >= 0.3 is 5.97 Å². The van der Waals surface area contributed by atoms with Crippen LogP contribution in [0.4, 0.5) is 0 Å². The fraction of sp³-hybridized carbons (Fsp3) is 0.909. The van der Waals surface area contributed by atoms with E-state index >= 15 is 0 Å². The largest absolute Gasteiger partial charge is 0.469 e. The molecule has 0 bridgehead atoms. The standard InChI is InChI=1S/C6H15N.C5H11NO2/c1-4-7(5-2)6-3;1-8-5(7)3-2-4-6/h4-6H2,1-3H3;2-4,6H2,1H3. The Hall–Kier alpha value is -0.610. The minimum atomic E-state index is -0.185. The third-order valence-electron chi connectivity index (χ3n) is 2.15. The number of carbonyl (C=O) groups is 1. The highest BCUT2D eigenvalue weighted by atomic mass is 16.5. The number of carbonyl (C=O) groups excluding carboxylic acids is 1. The summed E-state index contributed by atoms with van der Waals surface area (Å²) in [5.74, 6) is -0.185. The maximum atomic E-state index is 10.3. The fourth-order valence-electron chi connectivity index (χ4n) is 1.02. The summed E-state index contributed by atoms with van der Waals surface area (Å²) in [5, 5.41) is 0. The zero-order valence-corrected chi connectivity index (χ0v) is 10.6. The number of ether oxygens (including phenoxy) is 1. The molecule has 4 heteroatoms. The van der Waals surface area contributed by atoms with Crippen molar-refractivity contribution in [3.05, 3.63) is 0 Å². The molecule has 4 nitrogen and oxygen atoms in total. The van der Waals surface area contributed by atoms with Gasteiger partial charge in [-0.15, -0.1) is 0 Å². The third-order valence-corrected chi connectivity index (χ3v) is 2.15. The zero-order chi connectivity index (χ0) is 12.1. The lowest BCUT2D eigenvalue weighted by molar-refractivity contribution is -0.140. The normalized spacial score (nSPS) is 9.47. The summed E-state index contributed by atoms with van der Waals surface area (Å²) in [4.78, 5) is 12.7. The fourth-order valence-corrected chi connectivity index (χ4v) is 1.02. The predicted molar refractivity (Wildman–Crippen MR) is 63.8 cm³/mol. The summed E-state index contributed by atoms with van der Waals surface area (Å²) in [6.45, 7) is 10.7. The molecule has 0 radical (unpaired) electrons. The second-order valence-electron chi connectivity index (χ2n) is 3.09. The van der Waals surface area contributed by atoms with Crippen LogP contribution in [0, 0.1) is 0 Å². The van der Waals surface area contributed by atoms with Crippen molar-refractivity contribution in [3.8, 4) is 0 Å². The van der Waals surface area contributed by atoms with Gasteiger partial charge < -0.3 is 15.4 Å². The van der Waals surface area contributed by atoms with Gasteiger partial charge in [-0.25, -0.2) is 0 Å². The highest BCUT2D eigenvalue weighted by Gasteiger charge is 1.95. The van der Waals surface area contributed by atoms with Crippen LogP contribution in [0.15, 0.2) is 0 Å². The number of hydrogen-bond donors (Lipinski definition) is 1. The second kappa shape index (κ2) is 13.4. The predicted octanol–water partition coefficient (Wildman–Crippen LogP) is 1.25. The van der Waals surface area contributed by atoms with E-state index < -0.39 is 0 Å². The number of methoxy groups -OCH3 is 1. The van der Waals surface area contributed by atoms with Gasteiger partial charge in [-0.3, -0.25) is 4.79 Å². The smallest absolute Gasteiger partial charge is 0.305 e. The second-order valence-corrected chi connectivity index (χ2v) is 3.09. The molecule has 0 amide bonds. The van der Waals surface area contributed by atoms with Crippen LogP contribution in [0.2, 0.25) is 0 Å². The Morgan fingerprint density at radius 1 is 1.20 bits per heavy atom. The van der Waals surface area contributed by atoms with E-state index in [0.29, 0.717) is 19.4 Å². The SMILES string of the molecule is CCN(CC)CC.COC(=O)CCCN. The summed E-state index contributed by atoms with van der Waals surface area (Å²) >= 11 is 0. The first-order chi connectivity index (χ1) is 7.15. The highest BCUT2D eigenvalue weighted by Crippen LogP contribution is 1.86. The van der Waals surface area contributed by atoms with Crippen molar-refractivity contribution in [3.63, 3.8) is 0 Å². The molecular formula is C11H26N2O2. The molecule has 0 fully saturated rings. The average Bonchev–Trinajstić information content (AvgIpc) is 2.29. The molecule has 0 aliphatic heterocycles. The average molecular weight is 218 g/mol. The van der Waals surface area contributed by atoms with Gasteiger partial charge in [0.1, 0.15) is 0 Å². The van der Waals surface area contributed by atoms with Gasteiger partial charge in [-0.05, 0) is 32.6 Å². The monoisotopic (exact) mass is 218 g/mol. The first kappa shape index (κ1) is 16.8. The quantitative estimate of drug-likeness (QED) is 0.682. The molecule has 0 aromatic carbocycles. The Labute approximate surface area is 93.8 Å². The van der Waals surface area contributed by atoms with E-state index in [1.165, 1.54) is 26.7 Å². The Morgan fingerprint density at radius 2 is 1.67 bits per heavy atom. The van der Waals surface area contributed by atoms with E-state index in [0.717, 1.165) is 0 Å². The summed E-state index contributed by atoms with van der Waals surface area (Å²) in [6, 6.07) is 0. The molecule has 0 saturated heterocycles. The van der Waals surface area contributed by atoms with E-state index in [2.05, 4.69) is 30.4 Å². The minimum absolute atomic E-state index is 0.185. The maximum absolute atomic E-state index is 10.3. The van der Waals surface area contributed by atoms with Gasteiger partial charge in [-0.1, -0.05) is 20.8 Å². The molecule has 0 saturated carbocycles. The molecule has 0 aromatic rings. The molecule has 0 heterocycles. The van der Waals surface area contributed by atoms with Crippen LogP contribution in [0.5, 0.6) is 0 Å². The van der Waals surface area contributed by atoms with E-state index in [-0.39, 0.29) is 5.97 Å². The van der Waals surface area contributed by atoms with E-state index in [1.807, 2.05) is 0 Å². The van der Waals surface area contributed by atoms with Gasteiger partial charge in [0.25, 0.3) is 0 Å². The van der Waals surface area contributed by atoms with Gasteiger partial charge in [0.05, 0.1) is 7.11 Å². The highest BCUT2D eigenvalue weighted by molar-refractivity contribution is 5.68. The third kappa shape index (κ3) is 13.4. The van der Waals surface area contributed by atoms with E-state index in [1.54, 1.807) is 0 Å². The number of hydrogen-bond acceptors (Lipinski definition) is 4. The molecule has 0 spiro atoms. The summed E-state index contributed by atoms with van der Waals surface area (Å²) in [7, 11) is 1.37. The van der Waals surface area contributed by atoms with Crippen molar-refractivity contribution in [2.45, 2.75) is 33.6 Å². The molecule has 92 valence electrons. The summed E-state index contributed by atoms with van der Waals surface area (Å²) < 4.78 is 4.36. The van der Waals surface area contributed by atoms with Crippen molar-refractivity contribution < 1.29 is 9.53 Å². The minimum Gasteiger partial charge on any atom is -0.469 e. The topological polar surface area (TPSA) is 55.6 Å². The number of nitrogens with two attached hydrogens (primary N) is 1. The first-order valence-corrected chi connectivity index (χ1v) is 5.65. The van der Waals surface area contributed by atoms with Crippen LogP contribution < -0.4 is 5.73 Å². The molecule has 2 N–H and O–H groups in total. The van der Waals surface area contributed by atoms with Crippen LogP contribution in [-0.2, 0) is 9.53 Å². The van der Waals surface area contributed by atoms with Crippen molar-refractivity contribution >= 4 is 5.97 Å². The van der Waals surface area contributed by atoms with Gasteiger partial charge in [0.2, 0.25) is 0 Å². The van der Waals surface area contributed by atoms with Gasteiger partial charge in [0, 0.05) is 6.42 Å². The number of nitrogens with zero attached hydrogens (tertiary/aromatic N) is 1. The lowest BCUT2D eigenvalue weighted by atomic mass is 10.3. The number of rotatable bonds is 6. The van der Waals surface area contributed by atoms with Crippen LogP contribution >= 0.6 is 0 Å². The molecule has 0 aliphatic carbocycles. The molecule has 0 unspecified atom stereocenters. The number of esters is 1. The van der Waals surface area contributed by atoms with E-state index in [9.17, 15) is 4.79 Å². The van der Waals surface area contributed by atoms with E-state index in [4.69, 9.17) is 5.73 Å². The molecule has 0 aromatic heterocycles. The molecular weight excluding hydrogens is 192 g/mol. The van der Waals surface area contributed by atoms with Crippen molar-refractivity contribution in [2.75, 3.05) is 33.3 Å². The maximum Gasteiger partial charge on any atom is 0.305 e. The lowest BCUT2D eigenvalue weighted by Crippen LogP contribution is -2.21. The van der Waals surface area contributed by atoms with Crippen LogP contribution in [0.1, 0.15) is 33.6 Å². The molecule has 0 atom stereocenters. The Balaban J connectivity index is 0. The molecule has 0 aliphatic rings. The molecule has 15 heavy (non-hydrogen) atoms.